The van der Waals surface area contributed by atoms with Gasteiger partial charge < -0.3 is 10.3 Å². The monoisotopic (exact) mass is 228 g/mol. The Labute approximate surface area is 103 Å². The van der Waals surface area contributed by atoms with Gasteiger partial charge in [0.05, 0.1) is 0 Å². The van der Waals surface area contributed by atoms with Crippen LogP contribution >= 0.6 is 0 Å². The molecular weight excluding hydrogens is 208 g/mol. The molecule has 2 nitrogen and oxygen atoms in total. The van der Waals surface area contributed by atoms with E-state index in [-0.39, 0.29) is 0 Å². The van der Waals surface area contributed by atoms with Gasteiger partial charge in [-0.05, 0) is 43.5 Å². The molecule has 0 aliphatic rings. The second-order valence-electron chi connectivity index (χ2n) is 4.54. The lowest BCUT2D eigenvalue weighted by molar-refractivity contribution is 0.825. The van der Waals surface area contributed by atoms with Crippen molar-refractivity contribution in [3.63, 3.8) is 0 Å². The number of nitrogens with one attached hydrogen (secondary N) is 2. The number of hydrogen-bond donors (Lipinski definition) is 2. The molecule has 0 saturated heterocycles. The fraction of sp³-hybridized carbons (Fsp3) is 0.333. The molecule has 2 heteroatoms. The normalized spacial score (nSPS) is 10.8. The summed E-state index contributed by atoms with van der Waals surface area (Å²) in [6, 6.07) is 6.45. The van der Waals surface area contributed by atoms with E-state index in [0.717, 1.165) is 18.7 Å². The fourth-order valence-corrected chi connectivity index (χ4v) is 2.03. The van der Waals surface area contributed by atoms with Crippen LogP contribution in [-0.2, 0) is 0 Å². The van der Waals surface area contributed by atoms with Gasteiger partial charge in [-0.3, -0.25) is 0 Å². The molecule has 0 amide bonds. The first-order valence-electron chi connectivity index (χ1n) is 6.15. The Kier molecular flexibility index (Phi) is 3.23. The summed E-state index contributed by atoms with van der Waals surface area (Å²) in [6.07, 6.45) is 1.11. The first kappa shape index (κ1) is 11.8. The van der Waals surface area contributed by atoms with Gasteiger partial charge in [0.1, 0.15) is 0 Å². The van der Waals surface area contributed by atoms with Crippen LogP contribution in [0.25, 0.3) is 16.6 Å². The first-order chi connectivity index (χ1) is 8.13. The van der Waals surface area contributed by atoms with Crippen molar-refractivity contribution < 1.29 is 0 Å². The van der Waals surface area contributed by atoms with E-state index < -0.39 is 0 Å². The van der Waals surface area contributed by atoms with Crippen LogP contribution in [0.5, 0.6) is 0 Å². The van der Waals surface area contributed by atoms with E-state index in [0.29, 0.717) is 0 Å². The molecule has 2 rings (SSSR count). The summed E-state index contributed by atoms with van der Waals surface area (Å²) in [5, 5.41) is 4.63. The van der Waals surface area contributed by atoms with Crippen molar-refractivity contribution in [2.45, 2.75) is 27.2 Å². The summed E-state index contributed by atoms with van der Waals surface area (Å²) in [4.78, 5) is 3.39. The second kappa shape index (κ2) is 4.66. The van der Waals surface area contributed by atoms with E-state index >= 15 is 0 Å². The Bertz CT molecular complexity index is 549. The van der Waals surface area contributed by atoms with E-state index in [9.17, 15) is 0 Å². The van der Waals surface area contributed by atoms with Crippen LogP contribution in [0, 0.1) is 13.8 Å². The Morgan fingerprint density at radius 3 is 2.82 bits per heavy atom. The molecule has 90 valence electrons. The van der Waals surface area contributed by atoms with Crippen molar-refractivity contribution in [2.24, 2.45) is 0 Å². The summed E-state index contributed by atoms with van der Waals surface area (Å²) >= 11 is 0. The average Bonchev–Trinajstić information content (AvgIpc) is 2.62. The van der Waals surface area contributed by atoms with E-state index in [1.807, 2.05) is 0 Å². The minimum atomic E-state index is 0.974. The molecule has 0 atom stereocenters. The lowest BCUT2D eigenvalue weighted by atomic mass is 10.1. The molecule has 0 spiro atoms. The van der Waals surface area contributed by atoms with Crippen molar-refractivity contribution >= 4 is 16.6 Å². The summed E-state index contributed by atoms with van der Waals surface area (Å²) in [7, 11) is 0. The molecule has 0 aliphatic carbocycles. The maximum absolute atomic E-state index is 4.08. The molecule has 0 fully saturated rings. The van der Waals surface area contributed by atoms with Gasteiger partial charge >= 0.3 is 0 Å². The third-order valence-electron chi connectivity index (χ3n) is 3.25. The van der Waals surface area contributed by atoms with E-state index in [1.165, 1.54) is 27.7 Å². The number of fused-ring (bicyclic) bond motifs is 1. The number of aryl methyl sites for hydroxylation is 2. The third-order valence-corrected chi connectivity index (χ3v) is 3.25. The highest BCUT2D eigenvalue weighted by molar-refractivity contribution is 5.87. The molecule has 0 radical (unpaired) electrons. The van der Waals surface area contributed by atoms with Crippen LogP contribution in [0.3, 0.4) is 0 Å². The number of rotatable bonds is 4. The Hall–Kier alpha value is -1.70. The van der Waals surface area contributed by atoms with E-state index in [1.54, 1.807) is 0 Å². The van der Waals surface area contributed by atoms with Crippen molar-refractivity contribution in [3.8, 4) is 0 Å². The molecule has 0 bridgehead atoms. The maximum atomic E-state index is 4.08. The lowest BCUT2D eigenvalue weighted by Crippen LogP contribution is -2.11. The van der Waals surface area contributed by atoms with Gasteiger partial charge in [-0.25, -0.2) is 0 Å². The predicted molar refractivity (Wildman–Crippen MR) is 75.1 cm³/mol. The molecule has 1 heterocycles. The quantitative estimate of drug-likeness (QED) is 0.819. The van der Waals surface area contributed by atoms with Gasteiger partial charge in [-0.15, -0.1) is 0 Å². The topological polar surface area (TPSA) is 27.8 Å². The van der Waals surface area contributed by atoms with Crippen LogP contribution in [0.2, 0.25) is 0 Å². The highest BCUT2D eigenvalue weighted by Crippen LogP contribution is 2.24. The van der Waals surface area contributed by atoms with Crippen LogP contribution < -0.4 is 5.32 Å². The number of H-pyrrole nitrogens is 1. The predicted octanol–water partition coefficient (Wildman–Crippen LogP) is 3.76. The van der Waals surface area contributed by atoms with Crippen molar-refractivity contribution in [2.75, 3.05) is 6.54 Å². The van der Waals surface area contributed by atoms with Gasteiger partial charge in [-0.1, -0.05) is 19.6 Å². The highest BCUT2D eigenvalue weighted by Gasteiger charge is 2.06. The molecule has 2 aromatic rings. The molecule has 0 unspecified atom stereocenters. The number of aromatic amines is 1. The molecule has 0 aliphatic heterocycles. The summed E-state index contributed by atoms with van der Waals surface area (Å²) in [5.74, 6) is 0. The fourth-order valence-electron chi connectivity index (χ4n) is 2.03. The lowest BCUT2D eigenvalue weighted by Gasteiger charge is -2.08. The Balaban J connectivity index is 2.37. The van der Waals surface area contributed by atoms with E-state index in [4.69, 9.17) is 0 Å². The van der Waals surface area contributed by atoms with Crippen molar-refractivity contribution in [1.29, 1.82) is 0 Å². The molecule has 1 aromatic heterocycles. The Morgan fingerprint density at radius 1 is 1.35 bits per heavy atom. The van der Waals surface area contributed by atoms with Gasteiger partial charge in [0, 0.05) is 28.8 Å². The standard InChI is InChI=1S/C15H20N2/c1-5-8-16-12(4)13-6-7-15-14(9-13)10(2)11(3)17-15/h6-7,9,16-17H,4-5,8H2,1-3H3. The van der Waals surface area contributed by atoms with Gasteiger partial charge in [0.2, 0.25) is 0 Å². The minimum Gasteiger partial charge on any atom is -0.385 e. The summed E-state index contributed by atoms with van der Waals surface area (Å²) in [5.41, 5.74) is 5.95. The molecule has 0 saturated carbocycles. The molecule has 17 heavy (non-hydrogen) atoms. The SMILES string of the molecule is C=C(NCCC)c1ccc2[nH]c(C)c(C)c2c1. The minimum absolute atomic E-state index is 0.974. The highest BCUT2D eigenvalue weighted by atomic mass is 14.9. The summed E-state index contributed by atoms with van der Waals surface area (Å²) < 4.78 is 0. The van der Waals surface area contributed by atoms with Gasteiger partial charge in [0.15, 0.2) is 0 Å². The van der Waals surface area contributed by atoms with Gasteiger partial charge in [0.25, 0.3) is 0 Å². The van der Waals surface area contributed by atoms with Crippen molar-refractivity contribution in [1.82, 2.24) is 10.3 Å². The summed E-state index contributed by atoms with van der Waals surface area (Å²) in [6.45, 7) is 11.5. The largest absolute Gasteiger partial charge is 0.385 e. The number of aromatic nitrogens is 1. The zero-order chi connectivity index (χ0) is 12.4. The van der Waals surface area contributed by atoms with Crippen LogP contribution in [-0.4, -0.2) is 11.5 Å². The van der Waals surface area contributed by atoms with Crippen LogP contribution in [0.4, 0.5) is 0 Å². The maximum Gasteiger partial charge on any atom is 0.0459 e. The van der Waals surface area contributed by atoms with Gasteiger partial charge in [-0.2, -0.15) is 0 Å². The van der Waals surface area contributed by atoms with Crippen molar-refractivity contribution in [3.05, 3.63) is 41.6 Å². The third kappa shape index (κ3) is 2.21. The van der Waals surface area contributed by atoms with E-state index in [2.05, 4.69) is 55.9 Å². The average molecular weight is 228 g/mol. The Morgan fingerprint density at radius 2 is 2.12 bits per heavy atom. The first-order valence-corrected chi connectivity index (χ1v) is 6.15. The molecule has 2 N–H and O–H groups in total. The zero-order valence-electron chi connectivity index (χ0n) is 10.9. The zero-order valence-corrected chi connectivity index (χ0v) is 10.9. The second-order valence-corrected chi connectivity index (χ2v) is 4.54. The number of benzene rings is 1. The molecular formula is C15H20N2. The smallest absolute Gasteiger partial charge is 0.0459 e. The molecule has 1 aromatic carbocycles. The number of hydrogen-bond acceptors (Lipinski definition) is 1. The van der Waals surface area contributed by atoms with Crippen LogP contribution in [0.15, 0.2) is 24.8 Å². The van der Waals surface area contributed by atoms with Crippen LogP contribution in [0.1, 0.15) is 30.2 Å².